The predicted octanol–water partition coefficient (Wildman–Crippen LogP) is 0.575. The van der Waals surface area contributed by atoms with Crippen LogP contribution in [-0.4, -0.2) is 62.8 Å². The molecule has 24 heavy (non-hydrogen) atoms. The van der Waals surface area contributed by atoms with Crippen molar-refractivity contribution in [3.63, 3.8) is 0 Å². The lowest BCUT2D eigenvalue weighted by Gasteiger charge is -2.25. The zero-order chi connectivity index (χ0) is 17.5. The summed E-state index contributed by atoms with van der Waals surface area (Å²) in [7, 11) is 0.230. The maximum absolute atomic E-state index is 12.7. The Hall–Kier alpha value is -1.44. The van der Waals surface area contributed by atoms with E-state index in [4.69, 9.17) is 0 Å². The van der Waals surface area contributed by atoms with Crippen molar-refractivity contribution in [1.29, 1.82) is 0 Å². The van der Waals surface area contributed by atoms with Crippen LogP contribution in [0.2, 0.25) is 0 Å². The van der Waals surface area contributed by atoms with Crippen LogP contribution >= 0.6 is 0 Å². The van der Waals surface area contributed by atoms with Gasteiger partial charge in [-0.15, -0.1) is 0 Å². The topological polar surface area (TPSA) is 69.7 Å². The van der Waals surface area contributed by atoms with Crippen LogP contribution in [-0.2, 0) is 20.6 Å². The van der Waals surface area contributed by atoms with E-state index in [-0.39, 0.29) is 29.7 Å². The van der Waals surface area contributed by atoms with Crippen molar-refractivity contribution in [2.45, 2.75) is 31.2 Å². The SMILES string of the molecule is CNC(=O)[C@@H]1C[C@H]2CN(S(=O)(=O)Cc3ccc(C)cc3)C[C@H]2N1C. The largest absolute Gasteiger partial charge is 0.358 e. The van der Waals surface area contributed by atoms with Gasteiger partial charge in [-0.25, -0.2) is 8.42 Å². The van der Waals surface area contributed by atoms with Gasteiger partial charge < -0.3 is 5.32 Å². The number of rotatable bonds is 4. The number of carbonyl (C=O) groups excluding carboxylic acids is 1. The van der Waals surface area contributed by atoms with E-state index < -0.39 is 10.0 Å². The number of nitrogens with zero attached hydrogens (tertiary/aromatic N) is 2. The first kappa shape index (κ1) is 17.4. The highest BCUT2D eigenvalue weighted by molar-refractivity contribution is 7.88. The third-order valence-electron chi connectivity index (χ3n) is 5.33. The fourth-order valence-electron chi connectivity index (χ4n) is 3.86. The molecule has 0 aromatic heterocycles. The molecule has 2 aliphatic rings. The Labute approximate surface area is 143 Å². The molecule has 1 N–H and O–H groups in total. The van der Waals surface area contributed by atoms with Crippen molar-refractivity contribution in [2.75, 3.05) is 27.2 Å². The zero-order valence-corrected chi connectivity index (χ0v) is 15.2. The Morgan fingerprint density at radius 1 is 1.25 bits per heavy atom. The molecule has 2 aliphatic heterocycles. The Balaban J connectivity index is 1.68. The molecule has 3 atom stereocenters. The molecule has 2 heterocycles. The van der Waals surface area contributed by atoms with E-state index in [0.29, 0.717) is 13.1 Å². The van der Waals surface area contributed by atoms with E-state index in [0.717, 1.165) is 17.5 Å². The summed E-state index contributed by atoms with van der Waals surface area (Å²) >= 11 is 0. The van der Waals surface area contributed by atoms with Gasteiger partial charge >= 0.3 is 0 Å². The molecule has 0 bridgehead atoms. The molecule has 2 fully saturated rings. The van der Waals surface area contributed by atoms with Gasteiger partial charge in [0.2, 0.25) is 15.9 Å². The van der Waals surface area contributed by atoms with Crippen LogP contribution in [0.1, 0.15) is 17.5 Å². The van der Waals surface area contributed by atoms with Crippen molar-refractivity contribution in [2.24, 2.45) is 5.92 Å². The van der Waals surface area contributed by atoms with E-state index >= 15 is 0 Å². The van der Waals surface area contributed by atoms with Crippen LogP contribution in [0.3, 0.4) is 0 Å². The van der Waals surface area contributed by atoms with Crippen LogP contribution < -0.4 is 5.32 Å². The first-order valence-electron chi connectivity index (χ1n) is 8.28. The van der Waals surface area contributed by atoms with Crippen molar-refractivity contribution >= 4 is 15.9 Å². The Kier molecular flexibility index (Phi) is 4.68. The molecule has 1 aromatic rings. The fourth-order valence-corrected chi connectivity index (χ4v) is 5.46. The minimum atomic E-state index is -3.33. The minimum Gasteiger partial charge on any atom is -0.358 e. The number of aryl methyl sites for hydroxylation is 1. The summed E-state index contributed by atoms with van der Waals surface area (Å²) in [5, 5.41) is 2.69. The maximum atomic E-state index is 12.7. The van der Waals surface area contributed by atoms with E-state index in [1.807, 2.05) is 43.1 Å². The molecule has 1 amide bonds. The highest BCUT2D eigenvalue weighted by Gasteiger charge is 2.49. The van der Waals surface area contributed by atoms with Gasteiger partial charge in [0.05, 0.1) is 11.8 Å². The maximum Gasteiger partial charge on any atom is 0.237 e. The second-order valence-electron chi connectivity index (χ2n) is 6.92. The number of sulfonamides is 1. The molecule has 0 saturated carbocycles. The van der Waals surface area contributed by atoms with Gasteiger partial charge in [-0.05, 0) is 31.9 Å². The lowest BCUT2D eigenvalue weighted by Crippen LogP contribution is -2.45. The molecule has 3 rings (SSSR count). The number of nitrogens with one attached hydrogen (secondary N) is 1. The number of amides is 1. The number of carbonyl (C=O) groups is 1. The summed E-state index contributed by atoms with van der Waals surface area (Å²) < 4.78 is 27.0. The average molecular weight is 351 g/mol. The van der Waals surface area contributed by atoms with Gasteiger partial charge in [-0.1, -0.05) is 29.8 Å². The van der Waals surface area contributed by atoms with Gasteiger partial charge in [0.1, 0.15) is 0 Å². The summed E-state index contributed by atoms with van der Waals surface area (Å²) in [4.78, 5) is 14.0. The first-order chi connectivity index (χ1) is 11.3. The summed E-state index contributed by atoms with van der Waals surface area (Å²) in [6.45, 7) is 2.97. The lowest BCUT2D eigenvalue weighted by molar-refractivity contribution is -0.125. The van der Waals surface area contributed by atoms with E-state index in [1.54, 1.807) is 11.4 Å². The molecule has 7 heteroatoms. The van der Waals surface area contributed by atoms with Crippen molar-refractivity contribution in [3.8, 4) is 0 Å². The van der Waals surface area contributed by atoms with E-state index in [2.05, 4.69) is 5.32 Å². The molecule has 0 radical (unpaired) electrons. The standard InChI is InChI=1S/C17H25N3O3S/c1-12-4-6-13(7-5-12)11-24(22,23)20-9-14-8-15(17(21)18-2)19(3)16(14)10-20/h4-7,14-16H,8-11H2,1-3H3,(H,18,21)/t14-,15-,16+/m0/s1. The summed E-state index contributed by atoms with van der Waals surface area (Å²) in [5.74, 6) is 0.279. The van der Waals surface area contributed by atoms with Crippen LogP contribution in [0.4, 0.5) is 0 Å². The highest BCUT2D eigenvalue weighted by atomic mass is 32.2. The van der Waals surface area contributed by atoms with Crippen molar-refractivity contribution < 1.29 is 13.2 Å². The van der Waals surface area contributed by atoms with Gasteiger partial charge in [0.25, 0.3) is 0 Å². The smallest absolute Gasteiger partial charge is 0.237 e. The zero-order valence-electron chi connectivity index (χ0n) is 14.4. The molecule has 0 spiro atoms. The number of likely N-dealkylation sites (N-methyl/N-ethyl adjacent to an activating group) is 2. The van der Waals surface area contributed by atoms with Gasteiger partial charge in [0, 0.05) is 26.2 Å². The lowest BCUT2D eigenvalue weighted by atomic mass is 10.0. The molecular formula is C17H25N3O3S. The number of fused-ring (bicyclic) bond motifs is 1. The van der Waals surface area contributed by atoms with E-state index in [1.165, 1.54) is 0 Å². The molecule has 132 valence electrons. The summed E-state index contributed by atoms with van der Waals surface area (Å²) in [6, 6.07) is 7.60. The number of hydrogen-bond donors (Lipinski definition) is 1. The number of benzene rings is 1. The quantitative estimate of drug-likeness (QED) is 0.861. The second-order valence-corrected chi connectivity index (χ2v) is 8.89. The molecule has 0 aliphatic carbocycles. The summed E-state index contributed by atoms with van der Waals surface area (Å²) in [6.07, 6.45) is 0.720. The summed E-state index contributed by atoms with van der Waals surface area (Å²) in [5.41, 5.74) is 1.93. The van der Waals surface area contributed by atoms with Gasteiger partial charge in [-0.3, -0.25) is 9.69 Å². The third-order valence-corrected chi connectivity index (χ3v) is 7.11. The highest BCUT2D eigenvalue weighted by Crippen LogP contribution is 2.36. The number of likely N-dealkylation sites (tertiary alicyclic amines) is 1. The Morgan fingerprint density at radius 3 is 2.50 bits per heavy atom. The van der Waals surface area contributed by atoms with E-state index in [9.17, 15) is 13.2 Å². The van der Waals surface area contributed by atoms with Crippen molar-refractivity contribution in [3.05, 3.63) is 35.4 Å². The van der Waals surface area contributed by atoms with Crippen LogP contribution in [0.15, 0.2) is 24.3 Å². The Bertz CT molecular complexity index is 717. The predicted molar refractivity (Wildman–Crippen MR) is 92.9 cm³/mol. The van der Waals surface area contributed by atoms with Gasteiger partial charge in [0.15, 0.2) is 0 Å². The normalized spacial score (nSPS) is 28.0. The van der Waals surface area contributed by atoms with Crippen LogP contribution in [0.25, 0.3) is 0 Å². The monoisotopic (exact) mass is 351 g/mol. The molecule has 0 unspecified atom stereocenters. The number of hydrogen-bond acceptors (Lipinski definition) is 4. The molecule has 2 saturated heterocycles. The first-order valence-corrected chi connectivity index (χ1v) is 9.89. The minimum absolute atomic E-state index is 0.0148. The molecule has 1 aromatic carbocycles. The van der Waals surface area contributed by atoms with Crippen LogP contribution in [0.5, 0.6) is 0 Å². The average Bonchev–Trinajstić information content (AvgIpc) is 3.09. The van der Waals surface area contributed by atoms with Crippen molar-refractivity contribution in [1.82, 2.24) is 14.5 Å². The van der Waals surface area contributed by atoms with Gasteiger partial charge in [-0.2, -0.15) is 4.31 Å². The molecule has 6 nitrogen and oxygen atoms in total. The van der Waals surface area contributed by atoms with Crippen LogP contribution in [0, 0.1) is 12.8 Å². The fraction of sp³-hybridized carbons (Fsp3) is 0.588. The third kappa shape index (κ3) is 3.20. The molecular weight excluding hydrogens is 326 g/mol. The Morgan fingerprint density at radius 2 is 1.92 bits per heavy atom. The second kappa shape index (κ2) is 6.46.